The molecule has 0 radical (unpaired) electrons. The number of nitrogens with one attached hydrogen (secondary N) is 1. The fourth-order valence-corrected chi connectivity index (χ4v) is 6.07. The van der Waals surface area contributed by atoms with Gasteiger partial charge in [0, 0.05) is 37.4 Å². The summed E-state index contributed by atoms with van der Waals surface area (Å²) in [5.41, 5.74) is -0.697. The van der Waals surface area contributed by atoms with Gasteiger partial charge < -0.3 is 25.0 Å². The number of benzene rings is 2. The van der Waals surface area contributed by atoms with Crippen LogP contribution in [0.4, 0.5) is 23.2 Å². The number of likely N-dealkylation sites (tertiary alicyclic amines) is 1. The number of alkyl halides is 3. The number of likely N-dealkylation sites (N-methyl/N-ethyl adjacent to an activating group) is 1. The normalized spacial score (nSPS) is 17.8. The van der Waals surface area contributed by atoms with Gasteiger partial charge in [0.25, 0.3) is 6.47 Å². The number of carboxylic acid groups (broad SMARTS) is 1. The molecule has 2 saturated heterocycles. The molecule has 13 heteroatoms. The van der Waals surface area contributed by atoms with E-state index < -0.39 is 23.0 Å². The molecule has 0 saturated carbocycles. The van der Waals surface area contributed by atoms with E-state index >= 15 is 4.39 Å². The summed E-state index contributed by atoms with van der Waals surface area (Å²) in [5.74, 6) is -0.321. The second-order valence-electron chi connectivity index (χ2n) is 11.2. The van der Waals surface area contributed by atoms with Gasteiger partial charge in [-0.2, -0.15) is 18.4 Å². The van der Waals surface area contributed by atoms with E-state index in [-0.39, 0.29) is 55.6 Å². The zero-order valence-electron chi connectivity index (χ0n) is 25.5. The second-order valence-corrected chi connectivity index (χ2v) is 11.2. The molecule has 1 amide bonds. The molecular weight excluding hydrogens is 606 g/mol. The molecule has 2 fully saturated rings. The number of hydrogen-bond acceptors (Lipinski definition) is 7. The van der Waals surface area contributed by atoms with Crippen molar-refractivity contribution in [3.05, 3.63) is 77.2 Å². The zero-order chi connectivity index (χ0) is 33.5. The number of nitriles is 1. The van der Waals surface area contributed by atoms with Crippen molar-refractivity contribution < 1.29 is 37.0 Å². The van der Waals surface area contributed by atoms with Gasteiger partial charge in [0.1, 0.15) is 23.3 Å². The number of aromatic nitrogens is 1. The van der Waals surface area contributed by atoms with Crippen LogP contribution in [0.5, 0.6) is 5.75 Å². The number of para-hydroxylation sites is 1. The fraction of sp³-hybridized carbons (Fsp3) is 0.394. The maximum Gasteiger partial charge on any atom is 0.416 e. The van der Waals surface area contributed by atoms with Gasteiger partial charge in [-0.05, 0) is 81.7 Å². The van der Waals surface area contributed by atoms with Crippen LogP contribution in [0.1, 0.15) is 42.9 Å². The first-order valence-corrected chi connectivity index (χ1v) is 14.8. The Bertz CT molecular complexity index is 1580. The first kappa shape index (κ1) is 34.2. The van der Waals surface area contributed by atoms with Crippen molar-refractivity contribution in [2.24, 2.45) is 0 Å². The minimum Gasteiger partial charge on any atom is -0.493 e. The lowest BCUT2D eigenvalue weighted by Crippen LogP contribution is -2.54. The van der Waals surface area contributed by atoms with Crippen molar-refractivity contribution in [1.82, 2.24) is 15.2 Å². The number of pyridine rings is 1. The van der Waals surface area contributed by atoms with Crippen molar-refractivity contribution in [2.75, 3.05) is 44.7 Å². The Labute approximate surface area is 264 Å². The summed E-state index contributed by atoms with van der Waals surface area (Å²) in [6.45, 7) is 4.08. The summed E-state index contributed by atoms with van der Waals surface area (Å²) in [7, 11) is 1.98. The van der Waals surface area contributed by atoms with Crippen LogP contribution in [0, 0.1) is 17.1 Å². The highest BCUT2D eigenvalue weighted by molar-refractivity contribution is 5.89. The van der Waals surface area contributed by atoms with E-state index in [1.807, 2.05) is 24.9 Å². The van der Waals surface area contributed by atoms with E-state index in [0.717, 1.165) is 25.1 Å². The van der Waals surface area contributed by atoms with Crippen LogP contribution in [-0.2, 0) is 21.2 Å². The van der Waals surface area contributed by atoms with Crippen LogP contribution in [-0.4, -0.2) is 73.2 Å². The molecule has 0 spiro atoms. The largest absolute Gasteiger partial charge is 0.493 e. The van der Waals surface area contributed by atoms with Gasteiger partial charge in [-0.25, -0.2) is 4.39 Å². The number of carbonyl (C=O) groups is 2. The molecule has 3 aromatic rings. The molecule has 2 aromatic carbocycles. The number of ether oxygens (including phenoxy) is 1. The van der Waals surface area contributed by atoms with Crippen LogP contribution < -0.4 is 15.0 Å². The molecule has 0 aliphatic carbocycles. The molecule has 2 N–H and O–H groups in total. The lowest BCUT2D eigenvalue weighted by Gasteiger charge is -2.42. The molecular formula is C33H35F4N5O4. The minimum absolute atomic E-state index is 0.0531. The van der Waals surface area contributed by atoms with Gasteiger partial charge >= 0.3 is 6.18 Å². The monoisotopic (exact) mass is 641 g/mol. The molecule has 9 nitrogen and oxygen atoms in total. The summed E-state index contributed by atoms with van der Waals surface area (Å²) in [6.07, 6.45) is -1.73. The first-order valence-electron chi connectivity index (χ1n) is 14.8. The van der Waals surface area contributed by atoms with Crippen molar-refractivity contribution in [3.8, 4) is 23.1 Å². The van der Waals surface area contributed by atoms with E-state index in [1.54, 1.807) is 24.3 Å². The Morgan fingerprint density at radius 1 is 1.20 bits per heavy atom. The summed E-state index contributed by atoms with van der Waals surface area (Å²) < 4.78 is 61.2. The van der Waals surface area contributed by atoms with Crippen LogP contribution in [0.25, 0.3) is 11.3 Å². The topological polar surface area (TPSA) is 119 Å². The maximum atomic E-state index is 15.8. The number of anilines is 1. The smallest absolute Gasteiger partial charge is 0.416 e. The Kier molecular flexibility index (Phi) is 10.8. The van der Waals surface area contributed by atoms with E-state index in [9.17, 15) is 23.2 Å². The summed E-state index contributed by atoms with van der Waals surface area (Å²) >= 11 is 0. The predicted molar refractivity (Wildman–Crippen MR) is 163 cm³/mol. The van der Waals surface area contributed by atoms with Crippen molar-refractivity contribution in [1.29, 1.82) is 5.26 Å². The third kappa shape index (κ3) is 7.39. The molecule has 1 aromatic heterocycles. The van der Waals surface area contributed by atoms with Gasteiger partial charge in [-0.1, -0.05) is 12.1 Å². The molecule has 0 unspecified atom stereocenters. The van der Waals surface area contributed by atoms with Gasteiger partial charge in [-0.15, -0.1) is 0 Å². The average molecular weight is 642 g/mol. The van der Waals surface area contributed by atoms with Gasteiger partial charge in [-0.3, -0.25) is 14.6 Å². The van der Waals surface area contributed by atoms with E-state index in [1.165, 1.54) is 18.3 Å². The van der Waals surface area contributed by atoms with Crippen LogP contribution in [0.15, 0.2) is 54.7 Å². The molecule has 5 rings (SSSR count). The molecule has 2 aliphatic rings. The molecule has 1 atom stereocenters. The maximum absolute atomic E-state index is 15.8. The lowest BCUT2D eigenvalue weighted by molar-refractivity contribution is -0.137. The summed E-state index contributed by atoms with van der Waals surface area (Å²) in [5, 5.41) is 19.7. The Hall–Kier alpha value is -4.70. The highest BCUT2D eigenvalue weighted by Crippen LogP contribution is 2.41. The number of nitrogens with zero attached hydrogens (tertiary/aromatic N) is 4. The highest BCUT2D eigenvalue weighted by Gasteiger charge is 2.45. The number of hydrogen-bond donors (Lipinski definition) is 2. The molecule has 46 heavy (non-hydrogen) atoms. The number of piperidine rings is 1. The molecule has 0 bridgehead atoms. The van der Waals surface area contributed by atoms with Crippen LogP contribution >= 0.6 is 0 Å². The molecule has 2 aliphatic heterocycles. The predicted octanol–water partition coefficient (Wildman–Crippen LogP) is 5.24. The Morgan fingerprint density at radius 2 is 1.89 bits per heavy atom. The van der Waals surface area contributed by atoms with Crippen LogP contribution in [0.2, 0.25) is 0 Å². The summed E-state index contributed by atoms with van der Waals surface area (Å²) in [6, 6.07) is 13.3. The van der Waals surface area contributed by atoms with Gasteiger partial charge in [0.05, 0.1) is 28.8 Å². The third-order valence-electron chi connectivity index (χ3n) is 8.40. The van der Waals surface area contributed by atoms with Gasteiger partial charge in [0.2, 0.25) is 5.91 Å². The highest BCUT2D eigenvalue weighted by atomic mass is 19.4. The van der Waals surface area contributed by atoms with Crippen molar-refractivity contribution in [2.45, 2.75) is 43.8 Å². The van der Waals surface area contributed by atoms with Crippen molar-refractivity contribution in [3.63, 3.8) is 0 Å². The SMILES string of the molecule is CCOc1ccccc1-c1ncc(C2(C(=O)N[C@H]3CCN(C)C3)CCN(c3ccc(C(F)(F)F)cc3C#N)CC2)cc1F.O=CO. The second kappa shape index (κ2) is 14.6. The van der Waals surface area contributed by atoms with E-state index in [2.05, 4.69) is 15.2 Å². The Morgan fingerprint density at radius 3 is 2.48 bits per heavy atom. The molecule has 3 heterocycles. The minimum atomic E-state index is -4.57. The fourth-order valence-electron chi connectivity index (χ4n) is 6.07. The lowest BCUT2D eigenvalue weighted by atomic mass is 9.72. The average Bonchev–Trinajstić information content (AvgIpc) is 3.45. The quantitative estimate of drug-likeness (QED) is 0.266. The third-order valence-corrected chi connectivity index (χ3v) is 8.40. The standard InChI is InChI=1S/C32H33F4N5O2.CH2O2/c1-3-43-28-7-5-4-6-25(28)29-26(33)17-23(19-38-29)31(30(42)39-24-10-13-40(2)20-24)11-14-41(15-12-31)27-9-8-22(32(34,35)36)16-21(27)18-37;2-1-3/h4-9,16-17,19,24H,3,10-15,20H2,1-2H3,(H,39,42);1H,(H,2,3)/t24-;/m0./s1. The Balaban J connectivity index is 0.00000154. The van der Waals surface area contributed by atoms with Crippen LogP contribution in [0.3, 0.4) is 0 Å². The van der Waals surface area contributed by atoms with Crippen molar-refractivity contribution >= 4 is 18.1 Å². The number of carbonyl (C=O) groups excluding carboxylic acids is 1. The summed E-state index contributed by atoms with van der Waals surface area (Å²) in [4.78, 5) is 30.8. The van der Waals surface area contributed by atoms with E-state index in [0.29, 0.717) is 35.7 Å². The number of amides is 1. The van der Waals surface area contributed by atoms with E-state index in [4.69, 9.17) is 14.6 Å². The number of halogens is 4. The van der Waals surface area contributed by atoms with Gasteiger partial charge in [0.15, 0.2) is 0 Å². The zero-order valence-corrected chi connectivity index (χ0v) is 25.5. The molecule has 244 valence electrons. The first-order chi connectivity index (χ1) is 22.0. The number of rotatable bonds is 7.